The van der Waals surface area contributed by atoms with Gasteiger partial charge in [0.25, 0.3) is 0 Å². The number of pyridine rings is 1. The number of rotatable bonds is 10. The van der Waals surface area contributed by atoms with E-state index in [9.17, 15) is 10.0 Å². The maximum atomic E-state index is 12.5. The van der Waals surface area contributed by atoms with Crippen LogP contribution >= 0.6 is 12.8 Å². The number of nitrogens with zero attached hydrogens (tertiary/aromatic N) is 4. The van der Waals surface area contributed by atoms with E-state index in [1.54, 1.807) is 30.3 Å². The SMILES string of the molecule is CCN(C(=O)C(C)C)C(CCCc1cccc(-c2ccc(N[N+](O)(S)c3ccccc3)cn2)c1)=NC. The number of benzene rings is 2. The van der Waals surface area contributed by atoms with Gasteiger partial charge in [0.2, 0.25) is 11.6 Å². The van der Waals surface area contributed by atoms with Crippen molar-refractivity contribution in [1.82, 2.24) is 14.0 Å². The fourth-order valence-corrected chi connectivity index (χ4v) is 4.24. The summed E-state index contributed by atoms with van der Waals surface area (Å²) in [5, 5.41) is 10.6. The van der Waals surface area contributed by atoms with E-state index >= 15 is 0 Å². The van der Waals surface area contributed by atoms with Gasteiger partial charge in [-0.3, -0.25) is 14.8 Å². The number of para-hydroxylation sites is 1. The minimum Gasteiger partial charge on any atom is -0.301 e. The maximum absolute atomic E-state index is 12.5. The molecule has 3 aromatic rings. The third kappa shape index (κ3) is 7.16. The lowest BCUT2D eigenvalue weighted by Gasteiger charge is -2.24. The molecule has 0 aliphatic heterocycles. The second-order valence-electron chi connectivity index (χ2n) is 8.91. The summed E-state index contributed by atoms with van der Waals surface area (Å²) in [5.74, 6) is 0.907. The van der Waals surface area contributed by atoms with Crippen LogP contribution in [0.15, 0.2) is 77.9 Å². The van der Waals surface area contributed by atoms with Crippen molar-refractivity contribution < 1.29 is 10.0 Å². The molecule has 0 spiro atoms. The van der Waals surface area contributed by atoms with Crippen molar-refractivity contribution in [2.75, 3.05) is 19.0 Å². The van der Waals surface area contributed by atoms with E-state index in [4.69, 9.17) is 0 Å². The Hall–Kier alpha value is -3.20. The molecule has 36 heavy (non-hydrogen) atoms. The first-order valence-corrected chi connectivity index (χ1v) is 12.7. The van der Waals surface area contributed by atoms with Crippen LogP contribution in [-0.4, -0.2) is 40.4 Å². The molecule has 0 aliphatic rings. The molecular formula is C28H36N5O2S+. The van der Waals surface area contributed by atoms with Gasteiger partial charge in [-0.15, -0.1) is 0 Å². The summed E-state index contributed by atoms with van der Waals surface area (Å²) >= 11 is 4.31. The number of thiol groups is 1. The second-order valence-corrected chi connectivity index (χ2v) is 9.49. The van der Waals surface area contributed by atoms with Crippen LogP contribution in [0.5, 0.6) is 0 Å². The first-order valence-electron chi connectivity index (χ1n) is 12.3. The lowest BCUT2D eigenvalue weighted by Crippen LogP contribution is -2.41. The monoisotopic (exact) mass is 506 g/mol. The number of aromatic nitrogens is 1. The van der Waals surface area contributed by atoms with Gasteiger partial charge in [0.15, 0.2) is 0 Å². The number of quaternary nitrogens is 1. The molecule has 0 bridgehead atoms. The molecule has 2 N–H and O–H groups in total. The molecule has 2 aromatic carbocycles. The molecule has 8 heteroatoms. The van der Waals surface area contributed by atoms with Gasteiger partial charge in [0, 0.05) is 47.8 Å². The summed E-state index contributed by atoms with van der Waals surface area (Å²) in [7, 11) is 1.75. The number of hydrogen-bond donors (Lipinski definition) is 3. The van der Waals surface area contributed by atoms with E-state index < -0.39 is 4.16 Å². The van der Waals surface area contributed by atoms with Gasteiger partial charge in [0.1, 0.15) is 24.3 Å². The van der Waals surface area contributed by atoms with Crippen LogP contribution in [0, 0.1) is 5.92 Å². The topological polar surface area (TPSA) is 77.8 Å². The van der Waals surface area contributed by atoms with Gasteiger partial charge in [-0.1, -0.05) is 50.2 Å². The Morgan fingerprint density at radius 1 is 1.14 bits per heavy atom. The molecule has 190 valence electrons. The van der Waals surface area contributed by atoms with Crippen molar-refractivity contribution in [2.24, 2.45) is 10.9 Å². The average Bonchev–Trinajstić information content (AvgIpc) is 2.89. The third-order valence-corrected chi connectivity index (χ3v) is 6.23. The van der Waals surface area contributed by atoms with E-state index in [2.05, 4.69) is 40.3 Å². The largest absolute Gasteiger partial charge is 0.301 e. The molecule has 1 heterocycles. The second kappa shape index (κ2) is 12.7. The average molecular weight is 507 g/mol. The van der Waals surface area contributed by atoms with E-state index in [1.807, 2.05) is 63.2 Å². The molecule has 0 saturated carbocycles. The minimum absolute atomic E-state index is 0.0497. The van der Waals surface area contributed by atoms with Crippen LogP contribution in [0.25, 0.3) is 11.3 Å². The number of aryl methyl sites for hydroxylation is 1. The number of aliphatic imine (C=N–C) groups is 1. The number of amidine groups is 1. The Balaban J connectivity index is 1.63. The van der Waals surface area contributed by atoms with Gasteiger partial charge in [-0.2, -0.15) is 10.6 Å². The van der Waals surface area contributed by atoms with Gasteiger partial charge >= 0.3 is 0 Å². The van der Waals surface area contributed by atoms with Crippen LogP contribution in [0.3, 0.4) is 0 Å². The molecule has 1 aromatic heterocycles. The van der Waals surface area contributed by atoms with Crippen molar-refractivity contribution in [3.8, 4) is 11.3 Å². The predicted molar refractivity (Wildman–Crippen MR) is 151 cm³/mol. The third-order valence-electron chi connectivity index (χ3n) is 5.90. The highest BCUT2D eigenvalue weighted by Gasteiger charge is 2.25. The van der Waals surface area contributed by atoms with E-state index in [0.29, 0.717) is 17.9 Å². The molecule has 0 fully saturated rings. The zero-order valence-corrected chi connectivity index (χ0v) is 22.3. The van der Waals surface area contributed by atoms with Crippen LogP contribution in [0.2, 0.25) is 0 Å². The fraction of sp³-hybridized carbons (Fsp3) is 0.321. The number of nitrogens with one attached hydrogen (secondary N) is 1. The van der Waals surface area contributed by atoms with E-state index in [0.717, 1.165) is 36.4 Å². The fourth-order valence-electron chi connectivity index (χ4n) is 3.99. The molecule has 0 saturated heterocycles. The highest BCUT2D eigenvalue weighted by atomic mass is 32.1. The summed E-state index contributed by atoms with van der Waals surface area (Å²) in [6, 6.07) is 21.2. The van der Waals surface area contributed by atoms with Crippen molar-refractivity contribution in [3.63, 3.8) is 0 Å². The summed E-state index contributed by atoms with van der Waals surface area (Å²) in [6.07, 6.45) is 4.20. The van der Waals surface area contributed by atoms with Crippen LogP contribution in [0.4, 0.5) is 11.4 Å². The number of amides is 1. The van der Waals surface area contributed by atoms with E-state index in [-0.39, 0.29) is 11.8 Å². The number of carbonyl (C=O) groups excluding carboxylic acids is 1. The molecular weight excluding hydrogens is 470 g/mol. The van der Waals surface area contributed by atoms with Crippen LogP contribution < -0.4 is 9.59 Å². The van der Waals surface area contributed by atoms with Crippen molar-refractivity contribution >= 4 is 35.9 Å². The van der Waals surface area contributed by atoms with Crippen LogP contribution in [0.1, 0.15) is 39.2 Å². The number of carbonyl (C=O) groups is 1. The number of anilines is 1. The summed E-state index contributed by atoms with van der Waals surface area (Å²) in [4.78, 5) is 23.3. The van der Waals surface area contributed by atoms with Crippen molar-refractivity contribution in [2.45, 2.75) is 40.0 Å². The zero-order chi connectivity index (χ0) is 26.1. The first kappa shape index (κ1) is 27.4. The Bertz CT molecular complexity index is 1160. The molecule has 1 amide bonds. The van der Waals surface area contributed by atoms with Gasteiger partial charge in [0.05, 0.1) is 11.9 Å². The van der Waals surface area contributed by atoms with E-state index in [1.165, 1.54) is 5.56 Å². The maximum Gasteiger partial charge on any atom is 0.230 e. The van der Waals surface area contributed by atoms with Crippen molar-refractivity contribution in [3.05, 3.63) is 78.5 Å². The van der Waals surface area contributed by atoms with Gasteiger partial charge < -0.3 is 4.90 Å². The minimum atomic E-state index is -0.779. The molecule has 3 rings (SSSR count). The van der Waals surface area contributed by atoms with Crippen molar-refractivity contribution in [1.29, 1.82) is 0 Å². The summed E-state index contributed by atoms with van der Waals surface area (Å²) in [5.41, 5.74) is 7.24. The zero-order valence-electron chi connectivity index (χ0n) is 21.4. The number of hydrogen-bond acceptors (Lipinski definition) is 6. The quantitative estimate of drug-likeness (QED) is 0.101. The highest BCUT2D eigenvalue weighted by Crippen LogP contribution is 2.26. The lowest BCUT2D eigenvalue weighted by molar-refractivity contribution is -0.130. The normalized spacial score (nSPS) is 13.4. The van der Waals surface area contributed by atoms with Gasteiger partial charge in [-0.05, 0) is 43.5 Å². The first-order chi connectivity index (χ1) is 17.2. The molecule has 1 atom stereocenters. The Morgan fingerprint density at radius 2 is 1.89 bits per heavy atom. The standard InChI is InChI=1S/C28H36N5O2S/c1-5-32(28(34)21(2)3)27(29-4)16-10-12-22-11-9-13-23(19-22)26-18-17-24(20-30-26)31-33(35,36)25-14-7-6-8-15-25/h6-9,11,13-15,17-21,31,35-36H,5,10,12,16H2,1-4H3/q+1. The van der Waals surface area contributed by atoms with Crippen LogP contribution in [-0.2, 0) is 11.2 Å². The highest BCUT2D eigenvalue weighted by molar-refractivity contribution is 7.79. The lowest BCUT2D eigenvalue weighted by atomic mass is 10.0. The molecule has 0 radical (unpaired) electrons. The molecule has 0 aliphatic carbocycles. The molecule has 7 nitrogen and oxygen atoms in total. The predicted octanol–water partition coefficient (Wildman–Crippen LogP) is 6.17. The summed E-state index contributed by atoms with van der Waals surface area (Å²) in [6.45, 7) is 6.45. The Kier molecular flexibility index (Phi) is 9.64. The molecule has 1 unspecified atom stereocenters. The summed E-state index contributed by atoms with van der Waals surface area (Å²) < 4.78 is -0.779. The van der Waals surface area contributed by atoms with Gasteiger partial charge in [-0.25, -0.2) is 0 Å². The Morgan fingerprint density at radius 3 is 2.50 bits per heavy atom. The smallest absolute Gasteiger partial charge is 0.230 e. The Labute approximate surface area is 219 Å².